The summed E-state index contributed by atoms with van der Waals surface area (Å²) in [6.45, 7) is 6.80. The number of carbonyl (C=O) groups is 1. The highest BCUT2D eigenvalue weighted by Crippen LogP contribution is 2.17. The van der Waals surface area contributed by atoms with Crippen molar-refractivity contribution in [1.29, 1.82) is 0 Å². The predicted molar refractivity (Wildman–Crippen MR) is 126 cm³/mol. The second-order valence-corrected chi connectivity index (χ2v) is 7.42. The van der Waals surface area contributed by atoms with E-state index in [1.165, 1.54) is 0 Å². The molecular weight excluding hydrogens is 406 g/mol. The maximum Gasteiger partial charge on any atom is 0.225 e. The van der Waals surface area contributed by atoms with Gasteiger partial charge >= 0.3 is 0 Å². The molecular formula is C23H33N7O2. The number of benzene rings is 1. The Morgan fingerprint density at radius 3 is 2.56 bits per heavy atom. The fraction of sp³-hybridized carbons (Fsp3) is 0.478. The first-order valence-electron chi connectivity index (χ1n) is 11.1. The summed E-state index contributed by atoms with van der Waals surface area (Å²) in [5.74, 6) is 2.47. The van der Waals surface area contributed by atoms with Crippen molar-refractivity contribution < 1.29 is 9.53 Å². The molecule has 32 heavy (non-hydrogen) atoms. The van der Waals surface area contributed by atoms with Crippen LogP contribution in [0.15, 0.2) is 47.7 Å². The average Bonchev–Trinajstić information content (AvgIpc) is 2.85. The van der Waals surface area contributed by atoms with Gasteiger partial charge in [0, 0.05) is 58.1 Å². The van der Waals surface area contributed by atoms with Crippen LogP contribution >= 0.6 is 0 Å². The number of guanidine groups is 1. The number of ether oxygens (including phenoxy) is 1. The summed E-state index contributed by atoms with van der Waals surface area (Å²) in [7, 11) is 1.68. The summed E-state index contributed by atoms with van der Waals surface area (Å²) in [5, 5.41) is 6.57. The Morgan fingerprint density at radius 2 is 1.84 bits per heavy atom. The molecule has 1 aromatic heterocycles. The monoisotopic (exact) mass is 439 g/mol. The number of nitrogens with zero attached hydrogens (tertiary/aromatic N) is 5. The lowest BCUT2D eigenvalue weighted by Gasteiger charge is -2.34. The summed E-state index contributed by atoms with van der Waals surface area (Å²) in [4.78, 5) is 29.7. The maximum atomic E-state index is 12.6. The first-order chi connectivity index (χ1) is 15.7. The standard InChI is InChI=1S/C23H33N7O2/c1-3-24-22(25-13-9-19-7-4-5-8-20(19)32-2)26-14-10-21(31)29-15-17-30(18-16-29)23-27-11-6-12-28-23/h4-8,11-12H,3,9-10,13-18H2,1-2H3,(H2,24,25,26). The van der Waals surface area contributed by atoms with Crippen LogP contribution in [0.3, 0.4) is 0 Å². The topological polar surface area (TPSA) is 95.0 Å². The van der Waals surface area contributed by atoms with Crippen molar-refractivity contribution in [2.75, 3.05) is 57.8 Å². The van der Waals surface area contributed by atoms with Gasteiger partial charge in [-0.3, -0.25) is 9.79 Å². The molecule has 172 valence electrons. The van der Waals surface area contributed by atoms with Gasteiger partial charge in [0.25, 0.3) is 0 Å². The van der Waals surface area contributed by atoms with Crippen LogP contribution in [-0.4, -0.2) is 79.7 Å². The summed E-state index contributed by atoms with van der Waals surface area (Å²) < 4.78 is 5.41. The predicted octanol–water partition coefficient (Wildman–Crippen LogP) is 1.32. The molecule has 0 saturated carbocycles. The number of para-hydroxylation sites is 1. The molecule has 2 N–H and O–H groups in total. The number of nitrogens with one attached hydrogen (secondary N) is 2. The third kappa shape index (κ3) is 6.83. The Kier molecular flexibility index (Phi) is 9.09. The lowest BCUT2D eigenvalue weighted by atomic mass is 10.1. The van der Waals surface area contributed by atoms with Gasteiger partial charge in [0.05, 0.1) is 13.7 Å². The molecule has 1 aliphatic heterocycles. The number of rotatable bonds is 9. The van der Waals surface area contributed by atoms with Gasteiger partial charge in [0.1, 0.15) is 5.75 Å². The first-order valence-corrected chi connectivity index (χ1v) is 11.1. The summed E-state index contributed by atoms with van der Waals surface area (Å²) in [5.41, 5.74) is 1.15. The van der Waals surface area contributed by atoms with E-state index in [2.05, 4.69) is 36.6 Å². The smallest absolute Gasteiger partial charge is 0.225 e. The molecule has 0 aliphatic carbocycles. The fourth-order valence-corrected chi connectivity index (χ4v) is 3.60. The molecule has 9 nitrogen and oxygen atoms in total. The molecule has 1 fully saturated rings. The van der Waals surface area contributed by atoms with Gasteiger partial charge in [-0.1, -0.05) is 18.2 Å². The zero-order valence-corrected chi connectivity index (χ0v) is 19.0. The molecule has 0 radical (unpaired) electrons. The Morgan fingerprint density at radius 1 is 1.09 bits per heavy atom. The Hall–Kier alpha value is -3.36. The van der Waals surface area contributed by atoms with E-state index in [4.69, 9.17) is 4.74 Å². The third-order valence-electron chi connectivity index (χ3n) is 5.29. The number of methoxy groups -OCH3 is 1. The zero-order chi connectivity index (χ0) is 22.6. The van der Waals surface area contributed by atoms with E-state index >= 15 is 0 Å². The number of hydrogen-bond donors (Lipinski definition) is 2. The molecule has 3 rings (SSSR count). The molecule has 0 atom stereocenters. The lowest BCUT2D eigenvalue weighted by Crippen LogP contribution is -2.49. The molecule has 2 heterocycles. The number of carbonyl (C=O) groups excluding carboxylic acids is 1. The van der Waals surface area contributed by atoms with Crippen molar-refractivity contribution in [3.05, 3.63) is 48.3 Å². The normalized spacial score (nSPS) is 14.2. The van der Waals surface area contributed by atoms with Crippen LogP contribution in [0.4, 0.5) is 5.95 Å². The van der Waals surface area contributed by atoms with Gasteiger partial charge < -0.3 is 25.2 Å². The van der Waals surface area contributed by atoms with E-state index in [-0.39, 0.29) is 5.91 Å². The van der Waals surface area contributed by atoms with Crippen LogP contribution in [0.2, 0.25) is 0 Å². The van der Waals surface area contributed by atoms with Crippen molar-refractivity contribution in [2.45, 2.75) is 19.8 Å². The first kappa shape index (κ1) is 23.3. The summed E-state index contributed by atoms with van der Waals surface area (Å²) in [6, 6.07) is 9.81. The Bertz CT molecular complexity index is 868. The van der Waals surface area contributed by atoms with Crippen molar-refractivity contribution in [3.63, 3.8) is 0 Å². The van der Waals surface area contributed by atoms with Crippen LogP contribution in [0.5, 0.6) is 5.75 Å². The maximum absolute atomic E-state index is 12.6. The molecule has 0 unspecified atom stereocenters. The largest absolute Gasteiger partial charge is 0.496 e. The molecule has 1 saturated heterocycles. The zero-order valence-electron chi connectivity index (χ0n) is 19.0. The van der Waals surface area contributed by atoms with Crippen LogP contribution in [-0.2, 0) is 11.2 Å². The fourth-order valence-electron chi connectivity index (χ4n) is 3.60. The van der Waals surface area contributed by atoms with Crippen LogP contribution in [0.25, 0.3) is 0 Å². The highest BCUT2D eigenvalue weighted by atomic mass is 16.5. The molecule has 1 aromatic carbocycles. The number of anilines is 1. The quantitative estimate of drug-likeness (QED) is 0.449. The highest BCUT2D eigenvalue weighted by molar-refractivity contribution is 5.81. The number of aliphatic imine (C=N–C) groups is 1. The van der Waals surface area contributed by atoms with Gasteiger partial charge in [-0.2, -0.15) is 0 Å². The lowest BCUT2D eigenvalue weighted by molar-refractivity contribution is -0.131. The minimum Gasteiger partial charge on any atom is -0.496 e. The average molecular weight is 440 g/mol. The van der Waals surface area contributed by atoms with E-state index in [1.807, 2.05) is 30.0 Å². The number of aromatic nitrogens is 2. The van der Waals surface area contributed by atoms with Gasteiger partial charge in [0.15, 0.2) is 5.96 Å². The van der Waals surface area contributed by atoms with Crippen molar-refractivity contribution in [1.82, 2.24) is 25.5 Å². The van der Waals surface area contributed by atoms with Crippen LogP contribution in [0, 0.1) is 0 Å². The Balaban J connectivity index is 1.41. The van der Waals surface area contributed by atoms with E-state index in [9.17, 15) is 4.79 Å². The molecule has 2 aromatic rings. The van der Waals surface area contributed by atoms with Gasteiger partial charge in [-0.05, 0) is 31.0 Å². The van der Waals surface area contributed by atoms with E-state index in [1.54, 1.807) is 25.6 Å². The van der Waals surface area contributed by atoms with E-state index in [0.717, 1.165) is 55.8 Å². The second-order valence-electron chi connectivity index (χ2n) is 7.42. The van der Waals surface area contributed by atoms with Crippen LogP contribution < -0.4 is 20.3 Å². The Labute approximate surface area is 189 Å². The third-order valence-corrected chi connectivity index (χ3v) is 5.29. The van der Waals surface area contributed by atoms with Crippen LogP contribution in [0.1, 0.15) is 18.9 Å². The molecule has 0 spiro atoms. The number of hydrogen-bond acceptors (Lipinski definition) is 6. The summed E-state index contributed by atoms with van der Waals surface area (Å²) in [6.07, 6.45) is 4.70. The number of amides is 1. The molecule has 1 amide bonds. The molecule has 0 bridgehead atoms. The van der Waals surface area contributed by atoms with Gasteiger partial charge in [-0.25, -0.2) is 9.97 Å². The minimum atomic E-state index is 0.132. The molecule has 1 aliphatic rings. The van der Waals surface area contributed by atoms with Crippen molar-refractivity contribution >= 4 is 17.8 Å². The second kappa shape index (κ2) is 12.5. The number of piperazine rings is 1. The highest BCUT2D eigenvalue weighted by Gasteiger charge is 2.22. The van der Waals surface area contributed by atoms with Gasteiger partial charge in [0.2, 0.25) is 11.9 Å². The van der Waals surface area contributed by atoms with Crippen molar-refractivity contribution in [3.8, 4) is 5.75 Å². The molecule has 9 heteroatoms. The summed E-state index contributed by atoms with van der Waals surface area (Å²) >= 11 is 0. The van der Waals surface area contributed by atoms with Crippen molar-refractivity contribution in [2.24, 2.45) is 4.99 Å². The minimum absolute atomic E-state index is 0.132. The SMILES string of the molecule is CCNC(=NCCC(=O)N1CCN(c2ncccn2)CC1)NCCc1ccccc1OC. The van der Waals surface area contributed by atoms with E-state index in [0.29, 0.717) is 26.1 Å². The van der Waals surface area contributed by atoms with Gasteiger partial charge in [-0.15, -0.1) is 0 Å². The van der Waals surface area contributed by atoms with E-state index < -0.39 is 0 Å².